The van der Waals surface area contributed by atoms with Gasteiger partial charge in [-0.15, -0.1) is 0 Å². The molecule has 110 valence electrons. The first-order chi connectivity index (χ1) is 10.0. The summed E-state index contributed by atoms with van der Waals surface area (Å²) in [7, 11) is 1.89. The van der Waals surface area contributed by atoms with Crippen molar-refractivity contribution in [3.05, 3.63) is 62.7 Å². The van der Waals surface area contributed by atoms with Gasteiger partial charge in [0.15, 0.2) is 0 Å². The van der Waals surface area contributed by atoms with E-state index in [1.807, 2.05) is 32.2 Å². The van der Waals surface area contributed by atoms with E-state index in [1.165, 1.54) is 23.8 Å². The van der Waals surface area contributed by atoms with Gasteiger partial charge in [0.05, 0.1) is 9.95 Å². The van der Waals surface area contributed by atoms with Crippen LogP contribution in [0.15, 0.2) is 36.4 Å². The molecule has 0 saturated heterocycles. The van der Waals surface area contributed by atoms with E-state index in [9.17, 15) is 10.1 Å². The van der Waals surface area contributed by atoms with Crippen LogP contribution in [0.2, 0.25) is 5.02 Å². The van der Waals surface area contributed by atoms with Gasteiger partial charge in [0, 0.05) is 18.7 Å². The van der Waals surface area contributed by atoms with Gasteiger partial charge >= 0.3 is 0 Å². The van der Waals surface area contributed by atoms with E-state index >= 15 is 0 Å². The number of nitrogens with one attached hydrogen (secondary N) is 1. The van der Waals surface area contributed by atoms with E-state index in [1.54, 1.807) is 0 Å². The number of halogens is 1. The van der Waals surface area contributed by atoms with Crippen LogP contribution in [0.5, 0.6) is 11.5 Å². The molecular formula is C15H15ClN2O3. The second-order valence-electron chi connectivity index (χ2n) is 4.59. The van der Waals surface area contributed by atoms with E-state index in [-0.39, 0.29) is 10.7 Å². The zero-order chi connectivity index (χ0) is 15.4. The Morgan fingerprint density at radius 1 is 1.29 bits per heavy atom. The molecule has 0 aliphatic rings. The van der Waals surface area contributed by atoms with Gasteiger partial charge in [-0.05, 0) is 43.3 Å². The standard InChI is InChI=1S/C15H15ClN2O3/c1-10-7-13(5-3-11(10)9-17-2)21-15-6-4-12(18(19)20)8-14(15)16/h3-8,17H,9H2,1-2H3. The molecule has 21 heavy (non-hydrogen) atoms. The highest BCUT2D eigenvalue weighted by Gasteiger charge is 2.11. The molecule has 0 atom stereocenters. The van der Waals surface area contributed by atoms with E-state index < -0.39 is 4.92 Å². The molecule has 0 fully saturated rings. The third-order valence-corrected chi connectivity index (χ3v) is 3.33. The Hall–Kier alpha value is -2.11. The predicted molar refractivity (Wildman–Crippen MR) is 82.1 cm³/mol. The first-order valence-corrected chi connectivity index (χ1v) is 6.75. The number of nitro groups is 1. The molecule has 0 bridgehead atoms. The lowest BCUT2D eigenvalue weighted by atomic mass is 10.1. The normalized spacial score (nSPS) is 10.4. The fourth-order valence-electron chi connectivity index (χ4n) is 1.93. The van der Waals surface area contributed by atoms with Crippen molar-refractivity contribution in [1.82, 2.24) is 5.32 Å². The van der Waals surface area contributed by atoms with Crippen LogP contribution in [0, 0.1) is 17.0 Å². The minimum atomic E-state index is -0.494. The summed E-state index contributed by atoms with van der Waals surface area (Å²) in [5.41, 5.74) is 2.22. The number of hydrogen-bond donors (Lipinski definition) is 1. The van der Waals surface area contributed by atoms with Crippen LogP contribution < -0.4 is 10.1 Å². The largest absolute Gasteiger partial charge is 0.456 e. The van der Waals surface area contributed by atoms with Crippen LogP contribution in [0.25, 0.3) is 0 Å². The summed E-state index contributed by atoms with van der Waals surface area (Å²) in [6.07, 6.45) is 0. The molecule has 2 aromatic carbocycles. The molecule has 0 saturated carbocycles. The Balaban J connectivity index is 2.22. The quantitative estimate of drug-likeness (QED) is 0.668. The Morgan fingerprint density at radius 3 is 2.62 bits per heavy atom. The number of non-ortho nitro benzene ring substituents is 1. The summed E-state index contributed by atoms with van der Waals surface area (Å²) in [6.45, 7) is 2.78. The molecular weight excluding hydrogens is 292 g/mol. The van der Waals surface area contributed by atoms with E-state index in [0.29, 0.717) is 11.5 Å². The SMILES string of the molecule is CNCc1ccc(Oc2ccc([N+](=O)[O-])cc2Cl)cc1C. The van der Waals surface area contributed by atoms with E-state index in [4.69, 9.17) is 16.3 Å². The maximum atomic E-state index is 10.7. The van der Waals surface area contributed by atoms with Gasteiger partial charge in [0.1, 0.15) is 11.5 Å². The van der Waals surface area contributed by atoms with Crippen molar-refractivity contribution in [3.63, 3.8) is 0 Å². The molecule has 0 unspecified atom stereocenters. The van der Waals surface area contributed by atoms with Crippen molar-refractivity contribution in [2.24, 2.45) is 0 Å². The highest BCUT2D eigenvalue weighted by atomic mass is 35.5. The number of hydrogen-bond acceptors (Lipinski definition) is 4. The molecule has 0 aliphatic carbocycles. The molecule has 5 nitrogen and oxygen atoms in total. The molecule has 0 radical (unpaired) electrons. The van der Waals surface area contributed by atoms with Crippen molar-refractivity contribution >= 4 is 17.3 Å². The van der Waals surface area contributed by atoms with Crippen molar-refractivity contribution < 1.29 is 9.66 Å². The van der Waals surface area contributed by atoms with E-state index in [2.05, 4.69) is 5.32 Å². The number of nitrogens with zero attached hydrogens (tertiary/aromatic N) is 1. The molecule has 0 aliphatic heterocycles. The van der Waals surface area contributed by atoms with Crippen LogP contribution in [0.1, 0.15) is 11.1 Å². The maximum absolute atomic E-state index is 10.7. The number of rotatable bonds is 5. The summed E-state index contributed by atoms with van der Waals surface area (Å²) >= 11 is 6.00. The number of benzene rings is 2. The minimum absolute atomic E-state index is 0.0621. The molecule has 1 N–H and O–H groups in total. The Kier molecular flexibility index (Phi) is 4.77. The zero-order valence-electron chi connectivity index (χ0n) is 11.7. The van der Waals surface area contributed by atoms with Gasteiger partial charge in [-0.3, -0.25) is 10.1 Å². The van der Waals surface area contributed by atoms with Crippen molar-refractivity contribution in [2.75, 3.05) is 7.05 Å². The summed E-state index contributed by atoms with van der Waals surface area (Å²) in [4.78, 5) is 10.2. The summed E-state index contributed by atoms with van der Waals surface area (Å²) < 4.78 is 5.68. The lowest BCUT2D eigenvalue weighted by molar-refractivity contribution is -0.384. The number of aryl methyl sites for hydroxylation is 1. The average Bonchev–Trinajstić information content (AvgIpc) is 2.44. The van der Waals surface area contributed by atoms with Crippen LogP contribution in [0.3, 0.4) is 0 Å². The van der Waals surface area contributed by atoms with Crippen molar-refractivity contribution in [2.45, 2.75) is 13.5 Å². The number of nitro benzene ring substituents is 1. The highest BCUT2D eigenvalue weighted by molar-refractivity contribution is 6.32. The fraction of sp³-hybridized carbons (Fsp3) is 0.200. The Bertz CT molecular complexity index is 674. The highest BCUT2D eigenvalue weighted by Crippen LogP contribution is 2.32. The summed E-state index contributed by atoms with van der Waals surface area (Å²) in [5.74, 6) is 1.03. The van der Waals surface area contributed by atoms with Gasteiger partial charge < -0.3 is 10.1 Å². The van der Waals surface area contributed by atoms with Crippen LogP contribution >= 0.6 is 11.6 Å². The lowest BCUT2D eigenvalue weighted by Gasteiger charge is -2.10. The maximum Gasteiger partial charge on any atom is 0.271 e. The van der Waals surface area contributed by atoms with Gasteiger partial charge in [0.25, 0.3) is 5.69 Å². The average molecular weight is 307 g/mol. The van der Waals surface area contributed by atoms with Crippen molar-refractivity contribution in [3.8, 4) is 11.5 Å². The third kappa shape index (κ3) is 3.71. The van der Waals surface area contributed by atoms with E-state index in [0.717, 1.165) is 12.1 Å². The minimum Gasteiger partial charge on any atom is -0.456 e. The second-order valence-corrected chi connectivity index (χ2v) is 5.00. The fourth-order valence-corrected chi connectivity index (χ4v) is 2.15. The molecule has 0 amide bonds. The number of ether oxygens (including phenoxy) is 1. The Morgan fingerprint density at radius 2 is 2.05 bits per heavy atom. The van der Waals surface area contributed by atoms with Gasteiger partial charge in [-0.1, -0.05) is 17.7 Å². The lowest BCUT2D eigenvalue weighted by Crippen LogP contribution is -2.06. The molecule has 2 rings (SSSR count). The molecule has 0 spiro atoms. The van der Waals surface area contributed by atoms with Gasteiger partial charge in [-0.25, -0.2) is 0 Å². The zero-order valence-corrected chi connectivity index (χ0v) is 12.5. The monoisotopic (exact) mass is 306 g/mol. The second kappa shape index (κ2) is 6.56. The molecule has 0 aromatic heterocycles. The third-order valence-electron chi connectivity index (χ3n) is 3.04. The Labute approximate surface area is 127 Å². The van der Waals surface area contributed by atoms with Gasteiger partial charge in [-0.2, -0.15) is 0 Å². The predicted octanol–water partition coefficient (Wildman–Crippen LogP) is 4.07. The summed E-state index contributed by atoms with van der Waals surface area (Å²) in [5, 5.41) is 14.0. The van der Waals surface area contributed by atoms with Crippen LogP contribution in [-0.2, 0) is 6.54 Å². The first kappa shape index (κ1) is 15.3. The summed E-state index contributed by atoms with van der Waals surface area (Å²) in [6, 6.07) is 9.86. The van der Waals surface area contributed by atoms with Crippen molar-refractivity contribution in [1.29, 1.82) is 0 Å². The molecule has 2 aromatic rings. The van der Waals surface area contributed by atoms with Crippen LogP contribution in [0.4, 0.5) is 5.69 Å². The topological polar surface area (TPSA) is 64.4 Å². The molecule has 6 heteroatoms. The smallest absolute Gasteiger partial charge is 0.271 e. The van der Waals surface area contributed by atoms with Gasteiger partial charge in [0.2, 0.25) is 0 Å². The molecule has 0 heterocycles. The van der Waals surface area contributed by atoms with Crippen LogP contribution in [-0.4, -0.2) is 12.0 Å². The first-order valence-electron chi connectivity index (χ1n) is 6.37.